The first-order valence-electron chi connectivity index (χ1n) is 8.77. The fourth-order valence-electron chi connectivity index (χ4n) is 3.34. The lowest BCUT2D eigenvalue weighted by Gasteiger charge is -2.35. The van der Waals surface area contributed by atoms with E-state index in [4.69, 9.17) is 4.74 Å². The van der Waals surface area contributed by atoms with Gasteiger partial charge in [0.05, 0.1) is 18.4 Å². The zero-order valence-corrected chi connectivity index (χ0v) is 16.5. The molecule has 9 heteroatoms. The summed E-state index contributed by atoms with van der Waals surface area (Å²) < 4.78 is 30.3. The Morgan fingerprint density at radius 1 is 1.31 bits per heavy atom. The van der Waals surface area contributed by atoms with E-state index in [0.29, 0.717) is 29.1 Å². The maximum atomic E-state index is 13.1. The van der Waals surface area contributed by atoms with Crippen molar-refractivity contribution in [3.63, 3.8) is 0 Å². The molecule has 1 aromatic heterocycles. The van der Waals surface area contributed by atoms with E-state index in [2.05, 4.69) is 9.71 Å². The number of aromatic nitrogens is 1. The second-order valence-corrected chi connectivity index (χ2v) is 8.45. The first-order valence-corrected chi connectivity index (χ1v) is 10.7. The highest BCUT2D eigenvalue weighted by Gasteiger charge is 2.31. The van der Waals surface area contributed by atoms with Crippen LogP contribution in [0.25, 0.3) is 0 Å². The van der Waals surface area contributed by atoms with Gasteiger partial charge in [0.2, 0.25) is 10.0 Å². The highest BCUT2D eigenvalue weighted by atomic mass is 32.2. The summed E-state index contributed by atoms with van der Waals surface area (Å²) in [6, 6.07) is -0.208. The van der Waals surface area contributed by atoms with E-state index in [0.717, 1.165) is 25.5 Å². The number of hydrogen-bond acceptors (Lipinski definition) is 5. The van der Waals surface area contributed by atoms with E-state index in [1.807, 2.05) is 0 Å². The monoisotopic (exact) mass is 385 g/mol. The first kappa shape index (κ1) is 20.4. The normalized spacial score (nSPS) is 18.0. The number of hydrogen-bond donors (Lipinski definition) is 2. The summed E-state index contributed by atoms with van der Waals surface area (Å²) in [5.74, 6) is -0.673. The molecule has 0 radical (unpaired) electrons. The minimum absolute atomic E-state index is 0.189. The molecule has 8 nitrogen and oxygen atoms in total. The van der Waals surface area contributed by atoms with Crippen LogP contribution in [-0.2, 0) is 14.8 Å². The number of H-pyrrole nitrogens is 1. The molecule has 1 atom stereocenters. The van der Waals surface area contributed by atoms with Gasteiger partial charge in [-0.2, -0.15) is 0 Å². The number of piperidine rings is 1. The van der Waals surface area contributed by atoms with Crippen LogP contribution in [-0.4, -0.2) is 62.2 Å². The molecule has 1 saturated heterocycles. The third-order valence-electron chi connectivity index (χ3n) is 4.60. The van der Waals surface area contributed by atoms with Gasteiger partial charge in [-0.1, -0.05) is 0 Å². The molecule has 0 spiro atoms. The number of carbonyl (C=O) groups excluding carboxylic acids is 2. The molecule has 0 bridgehead atoms. The van der Waals surface area contributed by atoms with Gasteiger partial charge in [-0.05, 0) is 45.6 Å². The number of ether oxygens (including phenoxy) is 1. The van der Waals surface area contributed by atoms with Crippen molar-refractivity contribution < 1.29 is 22.7 Å². The number of rotatable bonds is 6. The minimum Gasteiger partial charge on any atom is -0.462 e. The zero-order chi connectivity index (χ0) is 19.5. The molecule has 146 valence electrons. The summed E-state index contributed by atoms with van der Waals surface area (Å²) in [4.78, 5) is 29.9. The molecule has 1 fully saturated rings. The van der Waals surface area contributed by atoms with Gasteiger partial charge in [-0.3, -0.25) is 4.79 Å². The third-order valence-corrected chi connectivity index (χ3v) is 5.29. The van der Waals surface area contributed by atoms with Crippen molar-refractivity contribution in [1.29, 1.82) is 0 Å². The molecule has 0 aliphatic carbocycles. The number of amides is 1. The van der Waals surface area contributed by atoms with Crippen molar-refractivity contribution in [3.8, 4) is 0 Å². The number of aromatic amines is 1. The smallest absolute Gasteiger partial charge is 0.340 e. The number of sulfonamides is 1. The molecular weight excluding hydrogens is 358 g/mol. The van der Waals surface area contributed by atoms with Crippen molar-refractivity contribution in [3.05, 3.63) is 22.5 Å². The number of carbonyl (C=O) groups is 2. The summed E-state index contributed by atoms with van der Waals surface area (Å²) in [7, 11) is -3.32. The summed E-state index contributed by atoms with van der Waals surface area (Å²) in [6.45, 7) is 6.19. The lowest BCUT2D eigenvalue weighted by molar-refractivity contribution is 0.0525. The minimum atomic E-state index is -3.32. The van der Waals surface area contributed by atoms with E-state index in [1.54, 1.807) is 25.7 Å². The van der Waals surface area contributed by atoms with Crippen LogP contribution in [0.4, 0.5) is 0 Å². The SMILES string of the molecule is CCOC(=O)c1c(C)[nH]c(C(=O)N2CCCC[C@H]2CNS(C)(=O)=O)c1C. The Morgan fingerprint density at radius 3 is 2.62 bits per heavy atom. The van der Waals surface area contributed by atoms with Crippen molar-refractivity contribution in [2.75, 3.05) is 26.0 Å². The van der Waals surface area contributed by atoms with Gasteiger partial charge in [-0.25, -0.2) is 17.9 Å². The number of aryl methyl sites for hydroxylation is 1. The molecule has 2 rings (SSSR count). The van der Waals surface area contributed by atoms with E-state index in [1.165, 1.54) is 0 Å². The van der Waals surface area contributed by atoms with E-state index in [9.17, 15) is 18.0 Å². The summed E-state index contributed by atoms with van der Waals surface area (Å²) in [6.07, 6.45) is 3.64. The average Bonchev–Trinajstić information content (AvgIpc) is 2.86. The van der Waals surface area contributed by atoms with E-state index < -0.39 is 16.0 Å². The predicted molar refractivity (Wildman–Crippen MR) is 97.7 cm³/mol. The molecule has 0 aromatic carbocycles. The molecule has 1 aromatic rings. The van der Waals surface area contributed by atoms with Crippen LogP contribution in [0.2, 0.25) is 0 Å². The van der Waals surface area contributed by atoms with Crippen LogP contribution >= 0.6 is 0 Å². The number of esters is 1. The molecule has 2 N–H and O–H groups in total. The maximum absolute atomic E-state index is 13.1. The van der Waals surface area contributed by atoms with Crippen LogP contribution in [0, 0.1) is 13.8 Å². The van der Waals surface area contributed by atoms with Crippen LogP contribution in [0.15, 0.2) is 0 Å². The Balaban J connectivity index is 2.26. The highest BCUT2D eigenvalue weighted by Crippen LogP contribution is 2.24. The van der Waals surface area contributed by atoms with Crippen LogP contribution in [0.1, 0.15) is 58.3 Å². The second-order valence-electron chi connectivity index (χ2n) is 6.61. The van der Waals surface area contributed by atoms with Gasteiger partial charge in [0, 0.05) is 24.8 Å². The molecule has 2 heterocycles. The zero-order valence-electron chi connectivity index (χ0n) is 15.7. The quantitative estimate of drug-likeness (QED) is 0.719. The summed E-state index contributed by atoms with van der Waals surface area (Å²) in [5.41, 5.74) is 1.90. The Kier molecular flexibility index (Phi) is 6.46. The number of likely N-dealkylation sites (tertiary alicyclic amines) is 1. The molecule has 0 unspecified atom stereocenters. The van der Waals surface area contributed by atoms with Gasteiger partial charge in [0.1, 0.15) is 5.69 Å². The third kappa shape index (κ3) is 4.64. The van der Waals surface area contributed by atoms with Gasteiger partial charge < -0.3 is 14.6 Å². The predicted octanol–water partition coefficient (Wildman–Crippen LogP) is 1.35. The molecule has 1 aliphatic rings. The molecule has 26 heavy (non-hydrogen) atoms. The number of nitrogens with one attached hydrogen (secondary N) is 2. The lowest BCUT2D eigenvalue weighted by Crippen LogP contribution is -2.49. The van der Waals surface area contributed by atoms with Gasteiger partial charge in [-0.15, -0.1) is 0 Å². The van der Waals surface area contributed by atoms with Crippen LogP contribution in [0.3, 0.4) is 0 Å². The van der Waals surface area contributed by atoms with E-state index >= 15 is 0 Å². The van der Waals surface area contributed by atoms with Crippen molar-refractivity contribution in [1.82, 2.24) is 14.6 Å². The standard InChI is InChI=1S/C17H27N3O5S/c1-5-25-17(22)14-11(2)15(19-12(14)3)16(21)20-9-7-6-8-13(20)10-18-26(4,23)24/h13,18-19H,5-10H2,1-4H3/t13-/m0/s1. The van der Waals surface area contributed by atoms with E-state index in [-0.39, 0.29) is 25.1 Å². The van der Waals surface area contributed by atoms with Crippen LogP contribution in [0.5, 0.6) is 0 Å². The second kappa shape index (κ2) is 8.22. The Labute approximate surface area is 154 Å². The molecule has 0 saturated carbocycles. The first-order chi connectivity index (χ1) is 12.2. The lowest BCUT2D eigenvalue weighted by atomic mass is 10.0. The fraction of sp³-hybridized carbons (Fsp3) is 0.647. The van der Waals surface area contributed by atoms with Crippen molar-refractivity contribution in [2.24, 2.45) is 0 Å². The maximum Gasteiger partial charge on any atom is 0.340 e. The van der Waals surface area contributed by atoms with Gasteiger partial charge >= 0.3 is 5.97 Å². The Bertz CT molecular complexity index is 785. The Morgan fingerprint density at radius 2 is 2.00 bits per heavy atom. The molecular formula is C17H27N3O5S. The molecule has 1 amide bonds. The summed E-state index contributed by atoms with van der Waals surface area (Å²) in [5, 5.41) is 0. The average molecular weight is 385 g/mol. The fourth-order valence-corrected chi connectivity index (χ4v) is 3.84. The van der Waals surface area contributed by atoms with Crippen molar-refractivity contribution >= 4 is 21.9 Å². The van der Waals surface area contributed by atoms with Crippen LogP contribution < -0.4 is 4.72 Å². The highest BCUT2D eigenvalue weighted by molar-refractivity contribution is 7.88. The largest absolute Gasteiger partial charge is 0.462 e. The van der Waals surface area contributed by atoms with Crippen molar-refractivity contribution in [2.45, 2.75) is 46.1 Å². The van der Waals surface area contributed by atoms with Gasteiger partial charge in [0.15, 0.2) is 0 Å². The Hall–Kier alpha value is -1.87. The molecule has 1 aliphatic heterocycles. The topological polar surface area (TPSA) is 109 Å². The number of nitrogens with zero attached hydrogens (tertiary/aromatic N) is 1. The van der Waals surface area contributed by atoms with Gasteiger partial charge in [0.25, 0.3) is 5.91 Å². The summed E-state index contributed by atoms with van der Waals surface area (Å²) >= 11 is 0.